The molecule has 2 aliphatic rings. The van der Waals surface area contributed by atoms with E-state index in [1.807, 2.05) is 18.2 Å². The van der Waals surface area contributed by atoms with Crippen molar-refractivity contribution in [3.63, 3.8) is 0 Å². The molecule has 0 aromatic heterocycles. The molecular weight excluding hydrogens is 374 g/mol. The second-order valence-corrected chi connectivity index (χ2v) is 7.25. The number of nitrogens with one attached hydrogen (secondary N) is 1. The highest BCUT2D eigenvalue weighted by molar-refractivity contribution is 5.98. The predicted octanol–water partition coefficient (Wildman–Crippen LogP) is 3.21. The number of carbonyl (C=O) groups is 1. The highest BCUT2D eigenvalue weighted by atomic mass is 16.6. The second kappa shape index (κ2) is 7.48. The van der Waals surface area contributed by atoms with E-state index in [-0.39, 0.29) is 12.1 Å². The van der Waals surface area contributed by atoms with Crippen LogP contribution in [0.2, 0.25) is 0 Å². The molecule has 0 saturated carbocycles. The average molecular weight is 399 g/mol. The van der Waals surface area contributed by atoms with Gasteiger partial charge in [0.05, 0.1) is 34.5 Å². The van der Waals surface area contributed by atoms with Crippen molar-refractivity contribution in [2.24, 2.45) is 0 Å². The van der Waals surface area contributed by atoms with Crippen molar-refractivity contribution in [1.29, 1.82) is 0 Å². The maximum absolute atomic E-state index is 12.8. The molecule has 2 aromatic rings. The van der Waals surface area contributed by atoms with E-state index in [0.29, 0.717) is 28.6 Å². The number of fused-ring (bicyclic) bond motifs is 2. The number of hydrogen-bond donors (Lipinski definition) is 1. The summed E-state index contributed by atoms with van der Waals surface area (Å²) in [6, 6.07) is 7.61. The Bertz CT molecular complexity index is 957. The molecule has 0 saturated heterocycles. The highest BCUT2D eigenvalue weighted by Gasteiger charge is 2.43. The number of rotatable bonds is 5. The molecule has 2 aliphatic heterocycles. The van der Waals surface area contributed by atoms with Crippen LogP contribution in [0.15, 0.2) is 24.3 Å². The van der Waals surface area contributed by atoms with Crippen LogP contribution in [0.5, 0.6) is 23.0 Å². The number of ether oxygens (including phenoxy) is 5. The summed E-state index contributed by atoms with van der Waals surface area (Å²) in [7, 11) is 6.30. The fraction of sp³-hybridized carbons (Fsp3) is 0.409. The van der Waals surface area contributed by atoms with Crippen molar-refractivity contribution in [2.45, 2.75) is 31.5 Å². The lowest BCUT2D eigenvalue weighted by Gasteiger charge is -2.35. The van der Waals surface area contributed by atoms with Gasteiger partial charge in [0.1, 0.15) is 11.7 Å². The molecule has 0 spiro atoms. The number of cyclic esters (lactones) is 1. The van der Waals surface area contributed by atoms with Gasteiger partial charge < -0.3 is 29.0 Å². The summed E-state index contributed by atoms with van der Waals surface area (Å²) in [5, 5.41) is 3.59. The first kappa shape index (κ1) is 19.4. The zero-order valence-electron chi connectivity index (χ0n) is 17.2. The molecule has 2 heterocycles. The minimum absolute atomic E-state index is 0.202. The van der Waals surface area contributed by atoms with Crippen LogP contribution >= 0.6 is 0 Å². The van der Waals surface area contributed by atoms with Crippen LogP contribution in [-0.4, -0.2) is 40.5 Å². The average Bonchev–Trinajstić information content (AvgIpc) is 3.07. The van der Waals surface area contributed by atoms with Crippen LogP contribution in [0, 0.1) is 0 Å². The lowest BCUT2D eigenvalue weighted by atomic mass is 9.85. The van der Waals surface area contributed by atoms with E-state index >= 15 is 0 Å². The van der Waals surface area contributed by atoms with Crippen molar-refractivity contribution in [2.75, 3.05) is 28.4 Å². The Morgan fingerprint density at radius 2 is 1.62 bits per heavy atom. The third-order valence-electron chi connectivity index (χ3n) is 5.60. The first-order valence-electron chi connectivity index (χ1n) is 9.49. The molecule has 7 nitrogen and oxygen atoms in total. The van der Waals surface area contributed by atoms with Crippen LogP contribution in [0.4, 0.5) is 0 Å². The quantitative estimate of drug-likeness (QED) is 0.774. The number of methoxy groups -OCH3 is 4. The van der Waals surface area contributed by atoms with E-state index in [9.17, 15) is 4.79 Å². The number of hydrogen-bond acceptors (Lipinski definition) is 7. The lowest BCUT2D eigenvalue weighted by molar-refractivity contribution is 0.0270. The maximum atomic E-state index is 12.8. The molecule has 154 valence electrons. The van der Waals surface area contributed by atoms with Gasteiger partial charge in [-0.2, -0.15) is 0 Å². The molecule has 4 rings (SSSR count). The third-order valence-corrected chi connectivity index (χ3v) is 5.60. The van der Waals surface area contributed by atoms with E-state index in [2.05, 4.69) is 12.2 Å². The molecule has 0 aliphatic carbocycles. The van der Waals surface area contributed by atoms with Crippen LogP contribution in [0.25, 0.3) is 0 Å². The molecule has 0 unspecified atom stereocenters. The van der Waals surface area contributed by atoms with Gasteiger partial charge in [-0.05, 0) is 42.7 Å². The summed E-state index contributed by atoms with van der Waals surface area (Å²) < 4.78 is 27.6. The number of esters is 1. The smallest absolute Gasteiger partial charge is 0.343 e. The van der Waals surface area contributed by atoms with Gasteiger partial charge in [-0.1, -0.05) is 6.07 Å². The molecule has 3 atom stereocenters. The Hall–Kier alpha value is -2.93. The van der Waals surface area contributed by atoms with E-state index in [4.69, 9.17) is 23.7 Å². The zero-order chi connectivity index (χ0) is 20.7. The molecule has 0 fully saturated rings. The summed E-state index contributed by atoms with van der Waals surface area (Å²) in [4.78, 5) is 12.8. The van der Waals surface area contributed by atoms with E-state index in [0.717, 1.165) is 23.1 Å². The van der Waals surface area contributed by atoms with Crippen molar-refractivity contribution in [3.8, 4) is 23.0 Å². The van der Waals surface area contributed by atoms with Crippen molar-refractivity contribution < 1.29 is 28.5 Å². The Kier molecular flexibility index (Phi) is 5.00. The Morgan fingerprint density at radius 1 is 0.931 bits per heavy atom. The van der Waals surface area contributed by atoms with Crippen LogP contribution in [-0.2, 0) is 11.2 Å². The van der Waals surface area contributed by atoms with Gasteiger partial charge in [-0.25, -0.2) is 4.79 Å². The van der Waals surface area contributed by atoms with Crippen LogP contribution < -0.4 is 24.3 Å². The molecular formula is C22H25NO6. The summed E-state index contributed by atoms with van der Waals surface area (Å²) in [6.07, 6.45) is 0.350. The summed E-state index contributed by atoms with van der Waals surface area (Å²) in [5.41, 5.74) is 3.36. The Balaban J connectivity index is 1.83. The second-order valence-electron chi connectivity index (χ2n) is 7.25. The van der Waals surface area contributed by atoms with E-state index in [1.165, 1.54) is 7.11 Å². The standard InChI is InChI=1S/C22H25NO6/c1-11-8-12-9-16(26-3)17(27-4)10-14(12)19(23-11)20-13-6-7-15(25-2)21(28-5)18(13)22(24)29-20/h6-7,9-11,19-20,23H,8H2,1-5H3/t11-,19-,20+/m0/s1. The van der Waals surface area contributed by atoms with Gasteiger partial charge in [0.15, 0.2) is 23.0 Å². The van der Waals surface area contributed by atoms with Gasteiger partial charge in [-0.15, -0.1) is 0 Å². The topological polar surface area (TPSA) is 75.3 Å². The van der Waals surface area contributed by atoms with Crippen LogP contribution in [0.3, 0.4) is 0 Å². The van der Waals surface area contributed by atoms with Gasteiger partial charge in [-0.3, -0.25) is 0 Å². The Labute approximate surface area is 169 Å². The SMILES string of the molecule is COc1cc2c(cc1OC)[C@@H]([C@@H]1OC(=O)c3c1ccc(OC)c3OC)N[C@@H](C)C2. The molecule has 29 heavy (non-hydrogen) atoms. The number of benzene rings is 2. The largest absolute Gasteiger partial charge is 0.493 e. The van der Waals surface area contributed by atoms with E-state index in [1.54, 1.807) is 27.4 Å². The third kappa shape index (κ3) is 3.06. The molecule has 2 aromatic carbocycles. The Morgan fingerprint density at radius 3 is 2.28 bits per heavy atom. The van der Waals surface area contributed by atoms with Gasteiger partial charge in [0, 0.05) is 11.6 Å². The molecule has 0 radical (unpaired) electrons. The minimum Gasteiger partial charge on any atom is -0.493 e. The van der Waals surface area contributed by atoms with Crippen molar-refractivity contribution in [1.82, 2.24) is 5.32 Å². The van der Waals surface area contributed by atoms with E-state index < -0.39 is 12.1 Å². The van der Waals surface area contributed by atoms with Crippen molar-refractivity contribution >= 4 is 5.97 Å². The van der Waals surface area contributed by atoms with Gasteiger partial charge in [0.25, 0.3) is 0 Å². The predicted molar refractivity (Wildman–Crippen MR) is 106 cm³/mol. The normalized spacial score (nSPS) is 22.4. The first-order valence-corrected chi connectivity index (χ1v) is 9.49. The monoisotopic (exact) mass is 399 g/mol. The summed E-state index contributed by atoms with van der Waals surface area (Å²) in [6.45, 7) is 2.11. The highest BCUT2D eigenvalue weighted by Crippen LogP contribution is 2.48. The first-order chi connectivity index (χ1) is 14.0. The summed E-state index contributed by atoms with van der Waals surface area (Å²) >= 11 is 0. The maximum Gasteiger partial charge on any atom is 0.343 e. The fourth-order valence-corrected chi connectivity index (χ4v) is 4.31. The molecule has 7 heteroatoms. The van der Waals surface area contributed by atoms with Gasteiger partial charge in [0.2, 0.25) is 0 Å². The zero-order valence-corrected chi connectivity index (χ0v) is 17.2. The lowest BCUT2D eigenvalue weighted by Crippen LogP contribution is -2.40. The van der Waals surface area contributed by atoms with Crippen LogP contribution in [0.1, 0.15) is 46.1 Å². The van der Waals surface area contributed by atoms with Crippen molar-refractivity contribution in [3.05, 3.63) is 46.5 Å². The van der Waals surface area contributed by atoms with Gasteiger partial charge >= 0.3 is 5.97 Å². The summed E-state index contributed by atoms with van der Waals surface area (Å²) in [5.74, 6) is 1.82. The molecule has 0 bridgehead atoms. The minimum atomic E-state index is -0.489. The molecule has 0 amide bonds. The molecule has 1 N–H and O–H groups in total. The number of carbonyl (C=O) groups excluding carboxylic acids is 1. The fourth-order valence-electron chi connectivity index (χ4n) is 4.31.